The summed E-state index contributed by atoms with van der Waals surface area (Å²) in [7, 11) is 0. The number of carbonyl (C=O) groups excluding carboxylic acids is 3. The number of carbonyl (C=O) groups is 3. The fraction of sp³-hybridized carbons (Fsp3) is 0.704. The number of ether oxygens (including phenoxy) is 1. The van der Waals surface area contributed by atoms with E-state index in [4.69, 9.17) is 9.72 Å². The van der Waals surface area contributed by atoms with Crippen molar-refractivity contribution in [1.29, 1.82) is 0 Å². The number of unbranched alkanes of at least 4 members (excludes halogenated alkanes) is 1. The molecule has 2 amide bonds. The number of aliphatic hydroxyl groups is 1. The van der Waals surface area contributed by atoms with Crippen molar-refractivity contribution in [3.05, 3.63) is 23.4 Å². The van der Waals surface area contributed by atoms with Gasteiger partial charge in [-0.25, -0.2) is 4.98 Å². The summed E-state index contributed by atoms with van der Waals surface area (Å²) in [6.07, 6.45) is 6.96. The topological polar surface area (TPSA) is 121 Å². The lowest BCUT2D eigenvalue weighted by molar-refractivity contribution is -0.144. The van der Waals surface area contributed by atoms with Crippen LogP contribution >= 0.6 is 0 Å². The predicted octanol–water partition coefficient (Wildman–Crippen LogP) is 2.01. The minimum absolute atomic E-state index is 0.0720. The number of nitrogens with one attached hydrogen (secondary N) is 2. The van der Waals surface area contributed by atoms with Crippen LogP contribution in [-0.4, -0.2) is 77.1 Å². The molecule has 2 saturated heterocycles. The summed E-state index contributed by atoms with van der Waals surface area (Å²) in [5, 5.41) is 17.4. The molecule has 3 aliphatic heterocycles. The molecule has 198 valence electrons. The molecule has 0 radical (unpaired) electrons. The van der Waals surface area contributed by atoms with Crippen molar-refractivity contribution < 1.29 is 24.2 Å². The molecule has 0 bridgehead atoms. The minimum atomic E-state index is -1.34. The summed E-state index contributed by atoms with van der Waals surface area (Å²) in [6, 6.07) is 3.29. The third kappa shape index (κ3) is 6.62. The van der Waals surface area contributed by atoms with E-state index >= 15 is 0 Å². The van der Waals surface area contributed by atoms with Crippen LogP contribution in [0.4, 0.5) is 5.82 Å². The van der Waals surface area contributed by atoms with Gasteiger partial charge in [0.1, 0.15) is 11.9 Å². The molecule has 1 atom stereocenters. The highest BCUT2D eigenvalue weighted by molar-refractivity contribution is 5.89. The largest absolute Gasteiger partial charge is 0.387 e. The number of aromatic nitrogens is 1. The van der Waals surface area contributed by atoms with E-state index in [9.17, 15) is 19.5 Å². The second kappa shape index (κ2) is 12.1. The molecule has 9 nitrogen and oxygen atoms in total. The molecule has 9 heteroatoms. The summed E-state index contributed by atoms with van der Waals surface area (Å²) in [5.41, 5.74) is 0.993. The highest BCUT2D eigenvalue weighted by atomic mass is 16.5. The number of amides is 2. The van der Waals surface area contributed by atoms with Gasteiger partial charge in [0.25, 0.3) is 0 Å². The number of anilines is 1. The van der Waals surface area contributed by atoms with Crippen molar-refractivity contribution in [3.63, 3.8) is 0 Å². The second-order valence-corrected chi connectivity index (χ2v) is 10.5. The third-order valence-electron chi connectivity index (χ3n) is 7.83. The van der Waals surface area contributed by atoms with Crippen molar-refractivity contribution in [2.75, 3.05) is 38.2 Å². The van der Waals surface area contributed by atoms with Crippen molar-refractivity contribution in [1.82, 2.24) is 15.2 Å². The molecule has 3 aliphatic rings. The molecule has 0 aromatic carbocycles. The maximum absolute atomic E-state index is 12.8. The summed E-state index contributed by atoms with van der Waals surface area (Å²) in [5.74, 6) is 0.420. The first-order valence-corrected chi connectivity index (χ1v) is 13.5. The molecule has 0 saturated carbocycles. The van der Waals surface area contributed by atoms with Crippen LogP contribution in [0.5, 0.6) is 0 Å². The zero-order valence-electron chi connectivity index (χ0n) is 21.4. The number of fused-ring (bicyclic) bond motifs is 1. The Labute approximate surface area is 213 Å². The quantitative estimate of drug-likeness (QED) is 0.444. The Morgan fingerprint density at radius 3 is 2.69 bits per heavy atom. The normalized spacial score (nSPS) is 20.7. The molecule has 4 heterocycles. The standard InChI is InChI=1S/C27H40N4O5/c1-19(32)24(30-26(34)21-10-17-36-18-11-21)27(35)12-15-31(16-13-27)23(33)7-3-2-6-22-9-8-20-5-4-14-28-25(20)29-22/h8-9,21,24,35H,2-7,10-18H2,1H3,(H,28,29)(H,30,34). The van der Waals surface area contributed by atoms with Gasteiger partial charge in [-0.2, -0.15) is 0 Å². The van der Waals surface area contributed by atoms with Gasteiger partial charge in [-0.3, -0.25) is 14.4 Å². The second-order valence-electron chi connectivity index (χ2n) is 10.5. The van der Waals surface area contributed by atoms with Gasteiger partial charge in [-0.1, -0.05) is 6.07 Å². The number of pyridine rings is 1. The van der Waals surface area contributed by atoms with Gasteiger partial charge in [0.2, 0.25) is 11.8 Å². The van der Waals surface area contributed by atoms with Crippen molar-refractivity contribution in [2.24, 2.45) is 5.92 Å². The maximum atomic E-state index is 12.8. The molecule has 36 heavy (non-hydrogen) atoms. The highest BCUT2D eigenvalue weighted by Gasteiger charge is 2.44. The Morgan fingerprint density at radius 1 is 1.22 bits per heavy atom. The molecule has 0 aliphatic carbocycles. The molecule has 2 fully saturated rings. The molecule has 1 aromatic rings. The van der Waals surface area contributed by atoms with E-state index in [-0.39, 0.29) is 36.4 Å². The van der Waals surface area contributed by atoms with Crippen LogP contribution in [0.3, 0.4) is 0 Å². The molecular formula is C27H40N4O5. The van der Waals surface area contributed by atoms with Gasteiger partial charge >= 0.3 is 0 Å². The van der Waals surface area contributed by atoms with Crippen LogP contribution < -0.4 is 10.6 Å². The summed E-state index contributed by atoms with van der Waals surface area (Å²) < 4.78 is 5.31. The molecule has 4 rings (SSSR count). The van der Waals surface area contributed by atoms with Gasteiger partial charge in [0, 0.05) is 50.9 Å². The fourth-order valence-corrected chi connectivity index (χ4v) is 5.51. The molecular weight excluding hydrogens is 460 g/mol. The first-order chi connectivity index (χ1) is 17.4. The Morgan fingerprint density at radius 2 is 1.97 bits per heavy atom. The van der Waals surface area contributed by atoms with E-state index in [0.29, 0.717) is 45.6 Å². The van der Waals surface area contributed by atoms with Crippen LogP contribution in [-0.2, 0) is 32.0 Å². The third-order valence-corrected chi connectivity index (χ3v) is 7.83. The van der Waals surface area contributed by atoms with Crippen molar-refractivity contribution in [3.8, 4) is 0 Å². The highest BCUT2D eigenvalue weighted by Crippen LogP contribution is 2.28. The lowest BCUT2D eigenvalue weighted by Gasteiger charge is -2.42. The van der Waals surface area contributed by atoms with Gasteiger partial charge in [-0.05, 0) is 76.3 Å². The van der Waals surface area contributed by atoms with Gasteiger partial charge < -0.3 is 25.4 Å². The van der Waals surface area contributed by atoms with Gasteiger partial charge in [0.05, 0.1) is 5.60 Å². The van der Waals surface area contributed by atoms with Gasteiger partial charge in [0.15, 0.2) is 5.78 Å². The average molecular weight is 501 g/mol. The Bertz CT molecular complexity index is 938. The van der Waals surface area contributed by atoms with Crippen molar-refractivity contribution >= 4 is 23.4 Å². The molecule has 3 N–H and O–H groups in total. The number of Topliss-reactive ketones (excluding diaryl/α,β-unsaturated/α-hetero) is 1. The number of aryl methyl sites for hydroxylation is 2. The Balaban J connectivity index is 1.21. The molecule has 1 aromatic heterocycles. The van der Waals surface area contributed by atoms with Gasteiger partial charge in [-0.15, -0.1) is 0 Å². The first-order valence-electron chi connectivity index (χ1n) is 13.5. The van der Waals surface area contributed by atoms with E-state index in [1.807, 2.05) is 0 Å². The maximum Gasteiger partial charge on any atom is 0.223 e. The zero-order valence-corrected chi connectivity index (χ0v) is 21.4. The first kappa shape index (κ1) is 26.5. The monoisotopic (exact) mass is 500 g/mol. The zero-order chi connectivity index (χ0) is 25.5. The lowest BCUT2D eigenvalue weighted by atomic mass is 9.81. The summed E-state index contributed by atoms with van der Waals surface area (Å²) in [6.45, 7) is 4.20. The van der Waals surface area contributed by atoms with E-state index in [2.05, 4.69) is 22.8 Å². The van der Waals surface area contributed by atoms with E-state index in [1.54, 1.807) is 4.90 Å². The van der Waals surface area contributed by atoms with Crippen LogP contribution in [0.1, 0.15) is 69.5 Å². The Hall–Kier alpha value is -2.52. The lowest BCUT2D eigenvalue weighted by Crippen LogP contribution is -2.61. The van der Waals surface area contributed by atoms with E-state index in [0.717, 1.165) is 50.2 Å². The van der Waals surface area contributed by atoms with E-state index in [1.165, 1.54) is 12.5 Å². The number of likely N-dealkylation sites (tertiary alicyclic amines) is 1. The number of ketones is 1. The average Bonchev–Trinajstić information content (AvgIpc) is 2.90. The van der Waals surface area contributed by atoms with Crippen LogP contribution in [0.2, 0.25) is 0 Å². The SMILES string of the molecule is CC(=O)C(NC(=O)C1CCOCC1)C1(O)CCN(C(=O)CCCCc2ccc3c(n2)NCCC3)CC1. The van der Waals surface area contributed by atoms with Crippen LogP contribution in [0.15, 0.2) is 12.1 Å². The molecule has 0 spiro atoms. The minimum Gasteiger partial charge on any atom is -0.387 e. The molecule has 1 unspecified atom stereocenters. The Kier molecular flexibility index (Phi) is 8.95. The number of nitrogens with zero attached hydrogens (tertiary/aromatic N) is 2. The number of hydrogen-bond acceptors (Lipinski definition) is 7. The van der Waals surface area contributed by atoms with Crippen molar-refractivity contribution in [2.45, 2.75) is 82.8 Å². The van der Waals surface area contributed by atoms with Crippen LogP contribution in [0.25, 0.3) is 0 Å². The fourth-order valence-electron chi connectivity index (χ4n) is 5.51. The number of piperidine rings is 1. The van der Waals surface area contributed by atoms with E-state index < -0.39 is 11.6 Å². The number of rotatable bonds is 9. The predicted molar refractivity (Wildman–Crippen MR) is 136 cm³/mol. The number of hydrogen-bond donors (Lipinski definition) is 3. The smallest absolute Gasteiger partial charge is 0.223 e. The van der Waals surface area contributed by atoms with Crippen LogP contribution in [0, 0.1) is 5.92 Å². The summed E-state index contributed by atoms with van der Waals surface area (Å²) >= 11 is 0. The summed E-state index contributed by atoms with van der Waals surface area (Å²) in [4.78, 5) is 44.3.